The van der Waals surface area contributed by atoms with Gasteiger partial charge in [-0.3, -0.25) is 4.79 Å². The highest BCUT2D eigenvalue weighted by atomic mass is 16.6. The lowest BCUT2D eigenvalue weighted by atomic mass is 10.2. The first-order chi connectivity index (χ1) is 13.0. The van der Waals surface area contributed by atoms with E-state index in [4.69, 9.17) is 19.3 Å². The molecule has 1 aromatic heterocycles. The summed E-state index contributed by atoms with van der Waals surface area (Å²) in [5.74, 6) is -0.193. The van der Waals surface area contributed by atoms with Gasteiger partial charge in [0.2, 0.25) is 0 Å². The topological polar surface area (TPSA) is 116 Å². The summed E-state index contributed by atoms with van der Waals surface area (Å²) in [7, 11) is 0. The molecular formula is C17H18N4O6. The lowest BCUT2D eigenvalue weighted by Crippen LogP contribution is -2.48. The number of benzene rings is 1. The number of nitrogens with zero attached hydrogens (tertiary/aromatic N) is 4. The number of carboxylic acids is 1. The SMILES string of the molecule is Cc1c(C(=O)N2CCOC(C(=O)O)C2)nnn1-c1ccc2c(c1)OCCO2. The van der Waals surface area contributed by atoms with Crippen molar-refractivity contribution in [2.24, 2.45) is 0 Å². The van der Waals surface area contributed by atoms with Gasteiger partial charge < -0.3 is 24.2 Å². The van der Waals surface area contributed by atoms with Crippen LogP contribution in [0.15, 0.2) is 18.2 Å². The molecule has 10 nitrogen and oxygen atoms in total. The second-order valence-corrected chi connectivity index (χ2v) is 6.21. The summed E-state index contributed by atoms with van der Waals surface area (Å²) in [6.45, 7) is 3.16. The van der Waals surface area contributed by atoms with Crippen molar-refractivity contribution in [3.05, 3.63) is 29.6 Å². The molecule has 1 atom stereocenters. The fourth-order valence-corrected chi connectivity index (χ4v) is 3.07. The Labute approximate surface area is 154 Å². The maximum absolute atomic E-state index is 12.8. The quantitative estimate of drug-likeness (QED) is 0.814. The number of rotatable bonds is 3. The number of carbonyl (C=O) groups excluding carboxylic acids is 1. The molecule has 0 spiro atoms. The number of hydrogen-bond acceptors (Lipinski definition) is 7. The van der Waals surface area contributed by atoms with E-state index in [0.717, 1.165) is 0 Å². The molecule has 0 saturated carbocycles. The molecule has 3 heterocycles. The van der Waals surface area contributed by atoms with E-state index in [0.29, 0.717) is 42.6 Å². The number of fused-ring (bicyclic) bond motifs is 1. The van der Waals surface area contributed by atoms with Crippen LogP contribution in [0.5, 0.6) is 11.5 Å². The van der Waals surface area contributed by atoms with Gasteiger partial charge in [-0.25, -0.2) is 9.48 Å². The summed E-state index contributed by atoms with van der Waals surface area (Å²) < 4.78 is 17.8. The molecule has 1 aromatic carbocycles. The molecule has 27 heavy (non-hydrogen) atoms. The number of carboxylic acid groups (broad SMARTS) is 1. The molecule has 1 fully saturated rings. The van der Waals surface area contributed by atoms with E-state index in [-0.39, 0.29) is 24.8 Å². The Morgan fingerprint density at radius 1 is 1.19 bits per heavy atom. The molecule has 0 radical (unpaired) electrons. The number of aromatic nitrogens is 3. The number of morpholine rings is 1. The molecule has 10 heteroatoms. The number of aliphatic carboxylic acids is 1. The van der Waals surface area contributed by atoms with E-state index in [2.05, 4.69) is 10.3 Å². The van der Waals surface area contributed by atoms with Gasteiger partial charge in [0.15, 0.2) is 23.3 Å². The van der Waals surface area contributed by atoms with Crippen LogP contribution in [0.1, 0.15) is 16.2 Å². The van der Waals surface area contributed by atoms with Gasteiger partial charge in [0.05, 0.1) is 24.5 Å². The molecule has 2 aromatic rings. The molecule has 1 amide bonds. The Kier molecular flexibility index (Phi) is 4.40. The molecule has 2 aliphatic heterocycles. The molecule has 1 N–H and O–H groups in total. The Bertz CT molecular complexity index is 896. The number of hydrogen-bond donors (Lipinski definition) is 1. The van der Waals surface area contributed by atoms with Crippen molar-refractivity contribution in [2.45, 2.75) is 13.0 Å². The molecule has 142 valence electrons. The lowest BCUT2D eigenvalue weighted by molar-refractivity contribution is -0.154. The third kappa shape index (κ3) is 3.19. The Morgan fingerprint density at radius 3 is 2.74 bits per heavy atom. The van der Waals surface area contributed by atoms with Crippen LogP contribution in [0.4, 0.5) is 0 Å². The maximum Gasteiger partial charge on any atom is 0.334 e. The van der Waals surface area contributed by atoms with Crippen molar-refractivity contribution in [1.29, 1.82) is 0 Å². The average molecular weight is 374 g/mol. The van der Waals surface area contributed by atoms with Crippen LogP contribution in [0.2, 0.25) is 0 Å². The highest BCUT2D eigenvalue weighted by Gasteiger charge is 2.31. The molecule has 0 aliphatic carbocycles. The zero-order chi connectivity index (χ0) is 19.0. The summed E-state index contributed by atoms with van der Waals surface area (Å²) in [6, 6.07) is 5.37. The third-order valence-electron chi connectivity index (χ3n) is 4.50. The normalized spacial score (nSPS) is 19.0. The van der Waals surface area contributed by atoms with Crippen molar-refractivity contribution in [3.8, 4) is 17.2 Å². The Hall–Kier alpha value is -3.14. The Morgan fingerprint density at radius 2 is 1.96 bits per heavy atom. The summed E-state index contributed by atoms with van der Waals surface area (Å²) in [5.41, 5.74) is 1.42. The van der Waals surface area contributed by atoms with Gasteiger partial charge in [-0.1, -0.05) is 5.21 Å². The van der Waals surface area contributed by atoms with Crippen LogP contribution in [-0.4, -0.2) is 75.9 Å². The summed E-state index contributed by atoms with van der Waals surface area (Å²) in [4.78, 5) is 25.3. The molecule has 1 unspecified atom stereocenters. The van der Waals surface area contributed by atoms with Crippen LogP contribution in [-0.2, 0) is 9.53 Å². The van der Waals surface area contributed by atoms with Crippen LogP contribution < -0.4 is 9.47 Å². The van der Waals surface area contributed by atoms with Gasteiger partial charge in [0.25, 0.3) is 5.91 Å². The Balaban J connectivity index is 1.59. The average Bonchev–Trinajstić information content (AvgIpc) is 3.08. The van der Waals surface area contributed by atoms with E-state index in [1.165, 1.54) is 4.90 Å². The van der Waals surface area contributed by atoms with Gasteiger partial charge in [-0.05, 0) is 19.1 Å². The van der Waals surface area contributed by atoms with E-state index >= 15 is 0 Å². The zero-order valence-electron chi connectivity index (χ0n) is 14.6. The monoisotopic (exact) mass is 374 g/mol. The van der Waals surface area contributed by atoms with Gasteiger partial charge in [0, 0.05) is 12.6 Å². The van der Waals surface area contributed by atoms with Gasteiger partial charge >= 0.3 is 5.97 Å². The third-order valence-corrected chi connectivity index (χ3v) is 4.50. The predicted molar refractivity (Wildman–Crippen MR) is 90.4 cm³/mol. The van der Waals surface area contributed by atoms with Crippen molar-refractivity contribution in [2.75, 3.05) is 32.9 Å². The number of amides is 1. The second kappa shape index (κ2) is 6.88. The predicted octanol–water partition coefficient (Wildman–Crippen LogP) is 0.273. The standard InChI is InChI=1S/C17H18N4O6/c1-10-15(16(22)20-4-5-25-14(9-20)17(23)24)18-19-21(10)11-2-3-12-13(8-11)27-7-6-26-12/h2-3,8,14H,4-7,9H2,1H3,(H,23,24). The fourth-order valence-electron chi connectivity index (χ4n) is 3.07. The smallest absolute Gasteiger partial charge is 0.334 e. The largest absolute Gasteiger partial charge is 0.486 e. The van der Waals surface area contributed by atoms with Crippen molar-refractivity contribution >= 4 is 11.9 Å². The van der Waals surface area contributed by atoms with E-state index in [1.54, 1.807) is 29.8 Å². The highest BCUT2D eigenvalue weighted by molar-refractivity contribution is 5.93. The summed E-state index contributed by atoms with van der Waals surface area (Å²) in [6.07, 6.45) is -1.03. The van der Waals surface area contributed by atoms with Crippen LogP contribution >= 0.6 is 0 Å². The van der Waals surface area contributed by atoms with Crippen molar-refractivity contribution < 1.29 is 28.9 Å². The highest BCUT2D eigenvalue weighted by Crippen LogP contribution is 2.32. The lowest BCUT2D eigenvalue weighted by Gasteiger charge is -2.30. The zero-order valence-corrected chi connectivity index (χ0v) is 14.6. The maximum atomic E-state index is 12.8. The van der Waals surface area contributed by atoms with E-state index < -0.39 is 12.1 Å². The second-order valence-electron chi connectivity index (χ2n) is 6.21. The molecule has 4 rings (SSSR count). The van der Waals surface area contributed by atoms with Gasteiger partial charge in [-0.2, -0.15) is 0 Å². The van der Waals surface area contributed by atoms with Crippen LogP contribution in [0.3, 0.4) is 0 Å². The first kappa shape index (κ1) is 17.3. The van der Waals surface area contributed by atoms with Gasteiger partial charge in [-0.15, -0.1) is 5.10 Å². The summed E-state index contributed by atoms with van der Waals surface area (Å²) in [5, 5.41) is 17.2. The first-order valence-corrected chi connectivity index (χ1v) is 8.50. The molecule has 1 saturated heterocycles. The van der Waals surface area contributed by atoms with Crippen LogP contribution in [0.25, 0.3) is 5.69 Å². The minimum atomic E-state index is -1.09. The molecule has 2 aliphatic rings. The fraction of sp³-hybridized carbons (Fsp3) is 0.412. The first-order valence-electron chi connectivity index (χ1n) is 8.50. The number of ether oxygens (including phenoxy) is 3. The number of carbonyl (C=O) groups is 2. The van der Waals surface area contributed by atoms with Crippen molar-refractivity contribution in [1.82, 2.24) is 19.9 Å². The van der Waals surface area contributed by atoms with E-state index in [1.807, 2.05) is 0 Å². The van der Waals surface area contributed by atoms with Gasteiger partial charge in [0.1, 0.15) is 13.2 Å². The molecule has 0 bridgehead atoms. The summed E-state index contributed by atoms with van der Waals surface area (Å²) >= 11 is 0. The van der Waals surface area contributed by atoms with E-state index in [9.17, 15) is 9.59 Å². The van der Waals surface area contributed by atoms with Crippen LogP contribution in [0, 0.1) is 6.92 Å². The minimum absolute atomic E-state index is 0.0233. The molecular weight excluding hydrogens is 356 g/mol. The van der Waals surface area contributed by atoms with Crippen molar-refractivity contribution in [3.63, 3.8) is 0 Å². The minimum Gasteiger partial charge on any atom is -0.486 e.